The first-order valence-corrected chi connectivity index (χ1v) is 7.30. The van der Waals surface area contributed by atoms with E-state index in [1.807, 2.05) is 0 Å². The van der Waals surface area contributed by atoms with E-state index in [0.717, 1.165) is 0 Å². The van der Waals surface area contributed by atoms with Gasteiger partial charge in [0.1, 0.15) is 26.4 Å². The zero-order valence-corrected chi connectivity index (χ0v) is 14.7. The van der Waals surface area contributed by atoms with Crippen LogP contribution in [0.4, 0.5) is 0 Å². The summed E-state index contributed by atoms with van der Waals surface area (Å²) >= 11 is 0. The number of methoxy groups -OCH3 is 2. The number of rotatable bonds is 13. The Labute approximate surface area is 150 Å². The van der Waals surface area contributed by atoms with Crippen molar-refractivity contribution in [3.8, 4) is 0 Å². The van der Waals surface area contributed by atoms with Crippen LogP contribution in [0.3, 0.4) is 0 Å². The molecule has 10 heteroatoms. The summed E-state index contributed by atoms with van der Waals surface area (Å²) in [4.78, 5) is 44.7. The van der Waals surface area contributed by atoms with Crippen molar-refractivity contribution in [1.82, 2.24) is 0 Å². The van der Waals surface area contributed by atoms with Gasteiger partial charge >= 0.3 is 23.9 Å². The Balaban J connectivity index is 3.66. The highest BCUT2D eigenvalue weighted by atomic mass is 16.6. The third-order valence-electron chi connectivity index (χ3n) is 2.57. The van der Waals surface area contributed by atoms with E-state index in [1.54, 1.807) is 0 Å². The lowest BCUT2D eigenvalue weighted by molar-refractivity contribution is -0.152. The van der Waals surface area contributed by atoms with Crippen molar-refractivity contribution in [3.05, 3.63) is 24.3 Å². The Morgan fingerprint density at radius 2 is 1.00 bits per heavy atom. The molecule has 0 heterocycles. The maximum Gasteiger partial charge on any atom is 0.336 e. The lowest BCUT2D eigenvalue weighted by Gasteiger charge is -2.08. The van der Waals surface area contributed by atoms with Crippen LogP contribution in [0, 0.1) is 0 Å². The molecule has 26 heavy (non-hydrogen) atoms. The molecular formula is C16H22O10. The smallest absolute Gasteiger partial charge is 0.336 e. The topological polar surface area (TPSA) is 124 Å². The molecule has 0 aromatic carbocycles. The third-order valence-corrected chi connectivity index (χ3v) is 2.57. The molecule has 146 valence electrons. The molecule has 0 amide bonds. The van der Waals surface area contributed by atoms with E-state index < -0.39 is 23.9 Å². The molecule has 0 spiro atoms. The Hall–Kier alpha value is -2.72. The summed E-state index contributed by atoms with van der Waals surface area (Å²) in [5.41, 5.74) is -0.00449. The average molecular weight is 374 g/mol. The van der Waals surface area contributed by atoms with E-state index in [1.165, 1.54) is 14.2 Å². The Kier molecular flexibility index (Phi) is 12.1. The lowest BCUT2D eigenvalue weighted by atomic mass is 10.3. The number of ether oxygens (including phenoxy) is 6. The molecule has 0 fully saturated rings. The molecule has 10 nitrogen and oxygen atoms in total. The predicted octanol–water partition coefficient (Wildman–Crippen LogP) is -0.436. The molecule has 0 aromatic heterocycles. The Bertz CT molecular complexity index is 489. The van der Waals surface area contributed by atoms with Gasteiger partial charge in [-0.15, -0.1) is 0 Å². The van der Waals surface area contributed by atoms with Gasteiger partial charge in [-0.1, -0.05) is 13.2 Å². The monoisotopic (exact) mass is 374 g/mol. The van der Waals surface area contributed by atoms with Crippen molar-refractivity contribution < 1.29 is 47.6 Å². The summed E-state index contributed by atoms with van der Waals surface area (Å²) in [5.74, 6) is -2.74. The second-order valence-corrected chi connectivity index (χ2v) is 4.62. The Morgan fingerprint density at radius 1 is 0.654 bits per heavy atom. The summed E-state index contributed by atoms with van der Waals surface area (Å²) < 4.78 is 28.2. The summed E-state index contributed by atoms with van der Waals surface area (Å²) in [7, 11) is 2.37. The van der Waals surface area contributed by atoms with E-state index in [4.69, 9.17) is 18.9 Å². The maximum absolute atomic E-state index is 11.3. The fraction of sp³-hybridized carbons (Fsp3) is 0.500. The van der Waals surface area contributed by atoms with Crippen molar-refractivity contribution >= 4 is 23.9 Å². The fourth-order valence-corrected chi connectivity index (χ4v) is 1.25. The second kappa shape index (κ2) is 13.6. The third kappa shape index (κ3) is 10.9. The van der Waals surface area contributed by atoms with Crippen LogP contribution in [0.5, 0.6) is 0 Å². The van der Waals surface area contributed by atoms with E-state index in [2.05, 4.69) is 22.6 Å². The van der Waals surface area contributed by atoms with Crippen molar-refractivity contribution in [1.29, 1.82) is 0 Å². The molecule has 0 saturated heterocycles. The van der Waals surface area contributed by atoms with Crippen LogP contribution in [0.25, 0.3) is 0 Å². The first-order valence-electron chi connectivity index (χ1n) is 7.30. The molecule has 0 radical (unpaired) electrons. The molecule has 0 aliphatic heterocycles. The first kappa shape index (κ1) is 23.3. The molecule has 0 aliphatic carbocycles. The quantitative estimate of drug-likeness (QED) is 0.181. The maximum atomic E-state index is 11.3. The molecule has 0 N–H and O–H groups in total. The van der Waals surface area contributed by atoms with Gasteiger partial charge < -0.3 is 28.4 Å². The normalized spacial score (nSPS) is 9.77. The molecular weight excluding hydrogens is 352 g/mol. The van der Waals surface area contributed by atoms with Crippen molar-refractivity contribution in [3.63, 3.8) is 0 Å². The van der Waals surface area contributed by atoms with E-state index in [0.29, 0.717) is 0 Å². The van der Waals surface area contributed by atoms with Gasteiger partial charge in [-0.3, -0.25) is 0 Å². The minimum atomic E-state index is -0.698. The average Bonchev–Trinajstić information content (AvgIpc) is 2.65. The zero-order chi connectivity index (χ0) is 19.9. The van der Waals surface area contributed by atoms with Gasteiger partial charge in [-0.05, 0) is 0 Å². The number of hydrogen-bond donors (Lipinski definition) is 0. The van der Waals surface area contributed by atoms with E-state index in [9.17, 15) is 19.2 Å². The van der Waals surface area contributed by atoms with Crippen molar-refractivity contribution in [2.45, 2.75) is 0 Å². The second-order valence-electron chi connectivity index (χ2n) is 4.62. The highest BCUT2D eigenvalue weighted by Gasteiger charge is 2.11. The molecule has 0 aromatic rings. The molecule has 0 bridgehead atoms. The molecule has 0 aliphatic rings. The SMILES string of the molecule is C=C(COC(=O)COCCOCC(=O)OCC(=C)C(=O)OC)C(=O)OC. The summed E-state index contributed by atoms with van der Waals surface area (Å²) in [5, 5.41) is 0. The van der Waals surface area contributed by atoms with Crippen molar-refractivity contribution in [2.75, 3.05) is 53.9 Å². The molecule has 0 atom stereocenters. The first-order chi connectivity index (χ1) is 12.3. The highest BCUT2D eigenvalue weighted by molar-refractivity contribution is 5.88. The van der Waals surface area contributed by atoms with Crippen LogP contribution >= 0.6 is 0 Å². The van der Waals surface area contributed by atoms with Gasteiger partial charge in [-0.2, -0.15) is 0 Å². The van der Waals surface area contributed by atoms with Gasteiger partial charge in [0.15, 0.2) is 0 Å². The number of carbonyl (C=O) groups is 4. The van der Waals surface area contributed by atoms with E-state index in [-0.39, 0.29) is 50.8 Å². The number of hydrogen-bond acceptors (Lipinski definition) is 10. The van der Waals surface area contributed by atoms with Crippen LogP contribution in [0.15, 0.2) is 24.3 Å². The van der Waals surface area contributed by atoms with Crippen LogP contribution < -0.4 is 0 Å². The highest BCUT2D eigenvalue weighted by Crippen LogP contribution is 1.96. The van der Waals surface area contributed by atoms with Gasteiger partial charge in [-0.25, -0.2) is 19.2 Å². The standard InChI is InChI=1S/C16H22O10/c1-11(15(19)21-3)7-25-13(17)9-23-5-6-24-10-14(18)26-8-12(2)16(20)22-4/h1-2,5-10H2,3-4H3. The van der Waals surface area contributed by atoms with E-state index >= 15 is 0 Å². The van der Waals surface area contributed by atoms with Gasteiger partial charge in [0.25, 0.3) is 0 Å². The number of esters is 4. The van der Waals surface area contributed by atoms with Crippen LogP contribution in [-0.2, 0) is 47.6 Å². The van der Waals surface area contributed by atoms with Crippen LogP contribution in [-0.4, -0.2) is 77.7 Å². The summed E-state index contributed by atoms with van der Waals surface area (Å²) in [6, 6.07) is 0. The van der Waals surface area contributed by atoms with Crippen LogP contribution in [0.1, 0.15) is 0 Å². The number of carbonyl (C=O) groups excluding carboxylic acids is 4. The zero-order valence-electron chi connectivity index (χ0n) is 14.7. The molecule has 0 saturated carbocycles. The predicted molar refractivity (Wildman–Crippen MR) is 85.9 cm³/mol. The molecule has 0 rings (SSSR count). The molecule has 0 unspecified atom stereocenters. The minimum Gasteiger partial charge on any atom is -0.466 e. The lowest BCUT2D eigenvalue weighted by Crippen LogP contribution is -2.20. The summed E-state index contributed by atoms with van der Waals surface area (Å²) in [6.45, 7) is 5.51. The van der Waals surface area contributed by atoms with Crippen LogP contribution in [0.2, 0.25) is 0 Å². The Morgan fingerprint density at radius 3 is 1.31 bits per heavy atom. The minimum absolute atomic E-state index is 0.00224. The van der Waals surface area contributed by atoms with Crippen molar-refractivity contribution in [2.24, 2.45) is 0 Å². The largest absolute Gasteiger partial charge is 0.466 e. The van der Waals surface area contributed by atoms with Gasteiger partial charge in [0.05, 0.1) is 38.6 Å². The fourth-order valence-electron chi connectivity index (χ4n) is 1.25. The summed E-state index contributed by atoms with van der Waals surface area (Å²) in [6.07, 6.45) is 0. The van der Waals surface area contributed by atoms with Gasteiger partial charge in [0.2, 0.25) is 0 Å². The van der Waals surface area contributed by atoms with Gasteiger partial charge in [0, 0.05) is 0 Å².